The normalized spacial score (nSPS) is 10.4. The second-order valence-electron chi connectivity index (χ2n) is 5.43. The summed E-state index contributed by atoms with van der Waals surface area (Å²) in [5, 5.41) is 2.89. The van der Waals surface area contributed by atoms with E-state index in [1.807, 2.05) is 62.4 Å². The zero-order valence-electron chi connectivity index (χ0n) is 13.8. The molecule has 0 saturated carbocycles. The van der Waals surface area contributed by atoms with Crippen molar-refractivity contribution in [2.24, 2.45) is 0 Å². The van der Waals surface area contributed by atoms with Gasteiger partial charge < -0.3 is 10.1 Å². The number of benzene rings is 2. The number of ether oxygens (including phenoxy) is 1. The zero-order valence-corrected chi connectivity index (χ0v) is 15.9. The third-order valence-corrected chi connectivity index (χ3v) is 4.20. The minimum Gasteiger partial charge on any atom is -0.424 e. The van der Waals surface area contributed by atoms with Crippen molar-refractivity contribution in [3.63, 3.8) is 0 Å². The molecule has 0 aliphatic heterocycles. The topological polar surface area (TPSA) is 64.1 Å². The van der Waals surface area contributed by atoms with Gasteiger partial charge in [-0.2, -0.15) is 9.97 Å². The predicted octanol–water partition coefficient (Wildman–Crippen LogP) is 4.74. The van der Waals surface area contributed by atoms with Gasteiger partial charge in [-0.1, -0.05) is 24.3 Å². The first-order valence-electron chi connectivity index (χ1n) is 7.68. The van der Waals surface area contributed by atoms with Gasteiger partial charge in [0.25, 0.3) is 5.91 Å². The number of nitrogens with one attached hydrogen (secondary N) is 1. The molecule has 0 aliphatic rings. The first-order chi connectivity index (χ1) is 12.0. The minimum absolute atomic E-state index is 0.190. The van der Waals surface area contributed by atoms with Gasteiger partial charge >= 0.3 is 6.01 Å². The van der Waals surface area contributed by atoms with Gasteiger partial charge in [0, 0.05) is 9.13 Å². The maximum absolute atomic E-state index is 12.4. The standard InChI is InChI=1S/C19H16IN3O2/c1-12-17(23-18(24)14-7-6-8-15(20)11-14)13(2)22-19(21-12)25-16-9-4-3-5-10-16/h3-11H,1-2H3,(H,23,24). The Morgan fingerprint density at radius 3 is 2.32 bits per heavy atom. The Hall–Kier alpha value is -2.48. The van der Waals surface area contributed by atoms with Crippen LogP contribution >= 0.6 is 22.6 Å². The molecule has 0 radical (unpaired) electrons. The van der Waals surface area contributed by atoms with Gasteiger partial charge in [-0.25, -0.2) is 0 Å². The molecule has 3 rings (SSSR count). The number of aryl methyl sites for hydroxylation is 2. The summed E-state index contributed by atoms with van der Waals surface area (Å²) in [6, 6.07) is 17.0. The van der Waals surface area contributed by atoms with Gasteiger partial charge in [0.2, 0.25) is 0 Å². The lowest BCUT2D eigenvalue weighted by Crippen LogP contribution is -2.15. The predicted molar refractivity (Wildman–Crippen MR) is 105 cm³/mol. The summed E-state index contributed by atoms with van der Waals surface area (Å²) < 4.78 is 6.67. The molecule has 126 valence electrons. The highest BCUT2D eigenvalue weighted by Gasteiger charge is 2.14. The van der Waals surface area contributed by atoms with Crippen LogP contribution in [0.4, 0.5) is 5.69 Å². The molecule has 1 amide bonds. The largest absolute Gasteiger partial charge is 0.424 e. The highest BCUT2D eigenvalue weighted by atomic mass is 127. The fourth-order valence-corrected chi connectivity index (χ4v) is 2.86. The number of halogens is 1. The molecule has 1 aromatic heterocycles. The third kappa shape index (κ3) is 4.33. The fourth-order valence-electron chi connectivity index (χ4n) is 2.32. The van der Waals surface area contributed by atoms with E-state index >= 15 is 0 Å². The summed E-state index contributed by atoms with van der Waals surface area (Å²) in [4.78, 5) is 21.1. The van der Waals surface area contributed by atoms with Crippen molar-refractivity contribution < 1.29 is 9.53 Å². The van der Waals surface area contributed by atoms with E-state index in [2.05, 4.69) is 37.9 Å². The van der Waals surface area contributed by atoms with Crippen LogP contribution in [0.1, 0.15) is 21.7 Å². The zero-order chi connectivity index (χ0) is 17.8. The van der Waals surface area contributed by atoms with E-state index in [1.165, 1.54) is 0 Å². The smallest absolute Gasteiger partial charge is 0.322 e. The van der Waals surface area contributed by atoms with Gasteiger partial charge in [-0.3, -0.25) is 4.79 Å². The van der Waals surface area contributed by atoms with Gasteiger partial charge in [0.15, 0.2) is 0 Å². The lowest BCUT2D eigenvalue weighted by molar-refractivity contribution is 0.102. The number of anilines is 1. The second kappa shape index (κ2) is 7.60. The van der Waals surface area contributed by atoms with Crippen LogP contribution < -0.4 is 10.1 Å². The molecule has 0 atom stereocenters. The number of carbonyl (C=O) groups excluding carboxylic acids is 1. The van der Waals surface area contributed by atoms with Crippen molar-refractivity contribution in [2.45, 2.75) is 13.8 Å². The number of carbonyl (C=O) groups is 1. The number of hydrogen-bond donors (Lipinski definition) is 1. The van der Waals surface area contributed by atoms with E-state index in [0.717, 1.165) is 3.57 Å². The molecule has 0 fully saturated rings. The van der Waals surface area contributed by atoms with Gasteiger partial charge in [-0.15, -0.1) is 0 Å². The van der Waals surface area contributed by atoms with Crippen LogP contribution in [0.15, 0.2) is 54.6 Å². The van der Waals surface area contributed by atoms with Crippen LogP contribution in [0, 0.1) is 17.4 Å². The molecule has 0 unspecified atom stereocenters. The van der Waals surface area contributed by atoms with E-state index in [1.54, 1.807) is 6.07 Å². The summed E-state index contributed by atoms with van der Waals surface area (Å²) in [6.45, 7) is 3.63. The van der Waals surface area contributed by atoms with Gasteiger partial charge in [0.1, 0.15) is 5.75 Å². The monoisotopic (exact) mass is 445 g/mol. The Morgan fingerprint density at radius 1 is 1.00 bits per heavy atom. The molecule has 25 heavy (non-hydrogen) atoms. The SMILES string of the molecule is Cc1nc(Oc2ccccc2)nc(C)c1NC(=O)c1cccc(I)c1. The number of nitrogens with zero attached hydrogens (tertiary/aromatic N) is 2. The van der Waals surface area contributed by atoms with Crippen LogP contribution in [0.3, 0.4) is 0 Å². The Bertz CT molecular complexity index is 891. The average molecular weight is 445 g/mol. The van der Waals surface area contributed by atoms with Gasteiger partial charge in [0.05, 0.1) is 17.1 Å². The number of rotatable bonds is 4. The van der Waals surface area contributed by atoms with E-state index in [0.29, 0.717) is 28.4 Å². The number of para-hydroxylation sites is 1. The Kier molecular flexibility index (Phi) is 5.28. The molecular weight excluding hydrogens is 429 g/mol. The van der Waals surface area contributed by atoms with Crippen LogP contribution in [-0.2, 0) is 0 Å². The van der Waals surface area contributed by atoms with Crippen molar-refractivity contribution in [1.29, 1.82) is 0 Å². The minimum atomic E-state index is -0.190. The quantitative estimate of drug-likeness (QED) is 0.590. The first kappa shape index (κ1) is 17.3. The number of hydrogen-bond acceptors (Lipinski definition) is 4. The molecular formula is C19H16IN3O2. The van der Waals surface area contributed by atoms with Crippen LogP contribution in [0.25, 0.3) is 0 Å². The highest BCUT2D eigenvalue weighted by molar-refractivity contribution is 14.1. The third-order valence-electron chi connectivity index (χ3n) is 3.53. The van der Waals surface area contributed by atoms with Crippen LogP contribution in [0.5, 0.6) is 11.8 Å². The van der Waals surface area contributed by atoms with Crippen molar-refractivity contribution in [2.75, 3.05) is 5.32 Å². The summed E-state index contributed by atoms with van der Waals surface area (Å²) in [5.41, 5.74) is 2.49. The average Bonchev–Trinajstić information content (AvgIpc) is 2.59. The Labute approximate surface area is 159 Å². The molecule has 0 spiro atoms. The maximum Gasteiger partial charge on any atom is 0.322 e. The molecule has 3 aromatic rings. The van der Waals surface area contributed by atoms with E-state index < -0.39 is 0 Å². The van der Waals surface area contributed by atoms with E-state index in [-0.39, 0.29) is 11.9 Å². The molecule has 0 aliphatic carbocycles. The summed E-state index contributed by atoms with van der Waals surface area (Å²) >= 11 is 2.18. The highest BCUT2D eigenvalue weighted by Crippen LogP contribution is 2.23. The molecule has 1 N–H and O–H groups in total. The van der Waals surface area contributed by atoms with E-state index in [9.17, 15) is 4.79 Å². The second-order valence-corrected chi connectivity index (χ2v) is 6.68. The molecule has 1 heterocycles. The maximum atomic E-state index is 12.4. The molecule has 5 nitrogen and oxygen atoms in total. The van der Waals surface area contributed by atoms with Crippen LogP contribution in [0.2, 0.25) is 0 Å². The lowest BCUT2D eigenvalue weighted by atomic mass is 10.2. The number of aromatic nitrogens is 2. The molecule has 6 heteroatoms. The summed E-state index contributed by atoms with van der Waals surface area (Å²) in [6.07, 6.45) is 0. The summed E-state index contributed by atoms with van der Waals surface area (Å²) in [7, 11) is 0. The van der Waals surface area contributed by atoms with Crippen molar-refractivity contribution in [1.82, 2.24) is 9.97 Å². The lowest BCUT2D eigenvalue weighted by Gasteiger charge is -2.12. The summed E-state index contributed by atoms with van der Waals surface area (Å²) in [5.74, 6) is 0.474. The molecule has 2 aromatic carbocycles. The van der Waals surface area contributed by atoms with Gasteiger partial charge in [-0.05, 0) is 66.8 Å². The van der Waals surface area contributed by atoms with Crippen molar-refractivity contribution >= 4 is 34.2 Å². The van der Waals surface area contributed by atoms with Crippen molar-refractivity contribution in [3.05, 3.63) is 75.1 Å². The number of amides is 1. The molecule has 0 bridgehead atoms. The van der Waals surface area contributed by atoms with Crippen molar-refractivity contribution in [3.8, 4) is 11.8 Å². The van der Waals surface area contributed by atoms with E-state index in [4.69, 9.17) is 4.74 Å². The fraction of sp³-hybridized carbons (Fsp3) is 0.105. The molecule has 0 saturated heterocycles. The Morgan fingerprint density at radius 2 is 1.68 bits per heavy atom. The first-order valence-corrected chi connectivity index (χ1v) is 8.76. The Balaban J connectivity index is 1.82. The van der Waals surface area contributed by atoms with Crippen LogP contribution in [-0.4, -0.2) is 15.9 Å².